The number of methoxy groups -OCH3 is 1. The molecule has 0 atom stereocenters. The van der Waals surface area contributed by atoms with Gasteiger partial charge in [-0.1, -0.05) is 42.5 Å². The minimum atomic E-state index is -0.377. The van der Waals surface area contributed by atoms with Gasteiger partial charge in [-0.3, -0.25) is 10.8 Å². The maximum Gasteiger partial charge on any atom is 0.337 e. The molecular weight excluding hydrogens is 499 g/mol. The van der Waals surface area contributed by atoms with E-state index in [9.17, 15) is 4.79 Å². The van der Waals surface area contributed by atoms with Crippen LogP contribution in [-0.2, 0) is 11.2 Å². The van der Waals surface area contributed by atoms with E-state index in [2.05, 4.69) is 10.3 Å². The number of rotatable bonds is 8. The number of H-pyrrole nitrogens is 1. The van der Waals surface area contributed by atoms with Gasteiger partial charge in [-0.05, 0) is 41.8 Å². The van der Waals surface area contributed by atoms with Gasteiger partial charge in [0.05, 0.1) is 12.7 Å². The lowest BCUT2D eigenvalue weighted by Crippen LogP contribution is -2.10. The van der Waals surface area contributed by atoms with E-state index >= 15 is 0 Å². The van der Waals surface area contributed by atoms with Gasteiger partial charge in [-0.2, -0.15) is 0 Å². The molecule has 188 valence electrons. The number of hydrogen-bond acceptors (Lipinski definition) is 5. The lowest BCUT2D eigenvalue weighted by molar-refractivity contribution is 0.0601. The fourth-order valence-corrected chi connectivity index (χ4v) is 3.95. The van der Waals surface area contributed by atoms with E-state index in [4.69, 9.17) is 27.0 Å². The maximum atomic E-state index is 11.8. The lowest BCUT2D eigenvalue weighted by Gasteiger charge is -2.10. The first-order valence-corrected chi connectivity index (χ1v) is 10.7. The summed E-state index contributed by atoms with van der Waals surface area (Å²) in [5.74, 6) is -0.344. The second kappa shape index (κ2) is 12.1. The predicted molar refractivity (Wildman–Crippen MR) is 150 cm³/mol. The second-order valence-electron chi connectivity index (χ2n) is 7.89. The number of carbonyl (C=O) groups excluding carboxylic acids is 1. The summed E-state index contributed by atoms with van der Waals surface area (Å²) in [4.78, 5) is 15.3. The van der Waals surface area contributed by atoms with Gasteiger partial charge < -0.3 is 26.5 Å². The van der Waals surface area contributed by atoms with Crippen molar-refractivity contribution in [2.24, 2.45) is 11.5 Å². The predicted octanol–water partition coefficient (Wildman–Crippen LogP) is 4.69. The number of amidine groups is 2. The van der Waals surface area contributed by atoms with Crippen LogP contribution in [0, 0.1) is 10.8 Å². The number of ether oxygens (including phenoxy) is 1. The number of benzene rings is 3. The fourth-order valence-electron chi connectivity index (χ4n) is 3.95. The Balaban J connectivity index is 0.00000228. The zero-order valence-electron chi connectivity index (χ0n) is 19.6. The third-order valence-corrected chi connectivity index (χ3v) is 5.69. The number of halogens is 2. The first-order chi connectivity index (χ1) is 16.4. The average molecular weight is 527 g/mol. The highest BCUT2D eigenvalue weighted by Crippen LogP contribution is 2.32. The molecule has 0 radical (unpaired) electrons. The minimum absolute atomic E-state index is 0. The van der Waals surface area contributed by atoms with E-state index in [1.807, 2.05) is 54.6 Å². The zero-order valence-corrected chi connectivity index (χ0v) is 21.2. The molecule has 0 saturated carbocycles. The van der Waals surface area contributed by atoms with E-state index in [1.165, 1.54) is 7.11 Å². The number of nitrogen functional groups attached to an aromatic ring is 2. The Morgan fingerprint density at radius 3 is 2.22 bits per heavy atom. The standard InChI is InChI=1S/C26H26N6O2.2ClH/c1-34-26(33)18-3-2-4-19(13-18)31-12-11-21-20-10-9-17(25(29)30)14-22(20)32-23(21)15-5-7-16(8-6-15)24(27)28;;/h2-10,13-14,31-32H,11-12H2,1H3,(H3,27,28)(H3,29,30);2*1H. The molecule has 3 aromatic carbocycles. The van der Waals surface area contributed by atoms with Crippen LogP contribution in [0.3, 0.4) is 0 Å². The van der Waals surface area contributed by atoms with Crippen molar-refractivity contribution in [2.45, 2.75) is 6.42 Å². The van der Waals surface area contributed by atoms with Crippen molar-refractivity contribution in [3.63, 3.8) is 0 Å². The molecule has 8 N–H and O–H groups in total. The summed E-state index contributed by atoms with van der Waals surface area (Å²) in [7, 11) is 1.36. The maximum absolute atomic E-state index is 11.8. The summed E-state index contributed by atoms with van der Waals surface area (Å²) in [5, 5.41) is 19.8. The van der Waals surface area contributed by atoms with Gasteiger partial charge in [0.1, 0.15) is 11.7 Å². The Kier molecular flexibility index (Phi) is 9.49. The number of nitrogens with one attached hydrogen (secondary N) is 4. The van der Waals surface area contributed by atoms with E-state index in [0.29, 0.717) is 29.7 Å². The molecule has 0 bridgehead atoms. The number of esters is 1. The number of fused-ring (bicyclic) bond motifs is 1. The number of aromatic amines is 1. The Morgan fingerprint density at radius 1 is 0.917 bits per heavy atom. The van der Waals surface area contributed by atoms with Crippen LogP contribution in [0.4, 0.5) is 5.69 Å². The molecule has 36 heavy (non-hydrogen) atoms. The molecule has 0 saturated heterocycles. The fraction of sp³-hybridized carbons (Fsp3) is 0.115. The van der Waals surface area contributed by atoms with Crippen LogP contribution in [0.1, 0.15) is 27.0 Å². The number of anilines is 1. The first kappa shape index (κ1) is 28.2. The molecule has 0 spiro atoms. The van der Waals surface area contributed by atoms with Crippen LogP contribution < -0.4 is 16.8 Å². The van der Waals surface area contributed by atoms with Gasteiger partial charge in [0, 0.05) is 40.0 Å². The lowest BCUT2D eigenvalue weighted by atomic mass is 10.0. The van der Waals surface area contributed by atoms with Crippen LogP contribution in [0.15, 0.2) is 66.7 Å². The molecule has 0 amide bonds. The van der Waals surface area contributed by atoms with E-state index in [0.717, 1.165) is 33.4 Å². The Labute approximate surface area is 221 Å². The molecule has 1 aromatic heterocycles. The van der Waals surface area contributed by atoms with Crippen LogP contribution in [-0.4, -0.2) is 36.3 Å². The molecule has 10 heteroatoms. The minimum Gasteiger partial charge on any atom is -0.465 e. The van der Waals surface area contributed by atoms with E-state index < -0.39 is 0 Å². The summed E-state index contributed by atoms with van der Waals surface area (Å²) >= 11 is 0. The van der Waals surface area contributed by atoms with Gasteiger partial charge in [-0.25, -0.2) is 4.79 Å². The van der Waals surface area contributed by atoms with E-state index in [1.54, 1.807) is 12.1 Å². The van der Waals surface area contributed by atoms with Crippen molar-refractivity contribution < 1.29 is 9.53 Å². The quantitative estimate of drug-likeness (QED) is 0.112. The summed E-state index contributed by atoms with van der Waals surface area (Å²) < 4.78 is 4.80. The highest BCUT2D eigenvalue weighted by atomic mass is 35.5. The van der Waals surface area contributed by atoms with E-state index in [-0.39, 0.29) is 42.5 Å². The molecule has 4 rings (SSSR count). The number of aromatic nitrogens is 1. The molecule has 0 unspecified atom stereocenters. The average Bonchev–Trinajstić information content (AvgIpc) is 3.21. The van der Waals surface area contributed by atoms with Crippen molar-refractivity contribution in [1.82, 2.24) is 4.98 Å². The van der Waals surface area contributed by atoms with Crippen LogP contribution >= 0.6 is 24.8 Å². The van der Waals surface area contributed by atoms with Crippen LogP contribution in [0.2, 0.25) is 0 Å². The monoisotopic (exact) mass is 526 g/mol. The normalized spacial score (nSPS) is 10.1. The summed E-state index contributed by atoms with van der Waals surface area (Å²) in [6.45, 7) is 0.630. The zero-order chi connectivity index (χ0) is 24.2. The molecular formula is C26H28Cl2N6O2. The van der Waals surface area contributed by atoms with Gasteiger partial charge in [0.2, 0.25) is 0 Å². The summed E-state index contributed by atoms with van der Waals surface area (Å²) in [6.07, 6.45) is 0.700. The second-order valence-corrected chi connectivity index (χ2v) is 7.89. The highest BCUT2D eigenvalue weighted by molar-refractivity contribution is 6.01. The van der Waals surface area contributed by atoms with Crippen molar-refractivity contribution in [1.29, 1.82) is 10.8 Å². The molecule has 8 nitrogen and oxygen atoms in total. The van der Waals surface area contributed by atoms with Gasteiger partial charge in [-0.15, -0.1) is 24.8 Å². The highest BCUT2D eigenvalue weighted by Gasteiger charge is 2.15. The largest absolute Gasteiger partial charge is 0.465 e. The first-order valence-electron chi connectivity index (χ1n) is 10.7. The SMILES string of the molecule is COC(=O)c1cccc(NCCc2c(-c3ccc(C(=N)N)cc3)[nH]c3cc(C(=N)N)ccc23)c1.Cl.Cl. The number of carbonyl (C=O) groups is 1. The Hall–Kier alpha value is -4.01. The topological polar surface area (TPSA) is 154 Å². The number of hydrogen-bond donors (Lipinski definition) is 6. The third kappa shape index (κ3) is 5.97. The summed E-state index contributed by atoms with van der Waals surface area (Å²) in [6, 6.07) is 20.4. The summed E-state index contributed by atoms with van der Waals surface area (Å²) in [5.41, 5.74) is 17.8. The molecule has 1 heterocycles. The molecule has 0 aliphatic rings. The van der Waals surface area contributed by atoms with Gasteiger partial charge in [0.25, 0.3) is 0 Å². The van der Waals surface area contributed by atoms with Gasteiger partial charge in [0.15, 0.2) is 0 Å². The molecule has 0 aliphatic carbocycles. The number of nitrogens with two attached hydrogens (primary N) is 2. The van der Waals surface area contributed by atoms with Crippen molar-refractivity contribution >= 4 is 59.0 Å². The third-order valence-electron chi connectivity index (χ3n) is 5.69. The van der Waals surface area contributed by atoms with Crippen molar-refractivity contribution in [3.05, 3.63) is 89.0 Å². The van der Waals surface area contributed by atoms with Crippen LogP contribution in [0.5, 0.6) is 0 Å². The van der Waals surface area contributed by atoms with Crippen LogP contribution in [0.25, 0.3) is 22.2 Å². The molecule has 0 fully saturated rings. The van der Waals surface area contributed by atoms with Crippen molar-refractivity contribution in [2.75, 3.05) is 19.0 Å². The molecule has 0 aliphatic heterocycles. The molecule has 4 aromatic rings. The van der Waals surface area contributed by atoms with Crippen molar-refractivity contribution in [3.8, 4) is 11.3 Å². The Bertz CT molecular complexity index is 1400. The Morgan fingerprint density at radius 2 is 1.58 bits per heavy atom. The smallest absolute Gasteiger partial charge is 0.337 e. The van der Waals surface area contributed by atoms with Gasteiger partial charge >= 0.3 is 5.97 Å².